The van der Waals surface area contributed by atoms with E-state index in [1.54, 1.807) is 19.2 Å². The Kier molecular flexibility index (Phi) is 2.97. The van der Waals surface area contributed by atoms with E-state index in [0.29, 0.717) is 11.3 Å². The van der Waals surface area contributed by atoms with Crippen LogP contribution >= 0.6 is 0 Å². The third-order valence-corrected chi connectivity index (χ3v) is 2.60. The maximum Gasteiger partial charge on any atom is 0.118 e. The summed E-state index contributed by atoms with van der Waals surface area (Å²) in [5, 5.41) is 8.80. The molecule has 0 aliphatic rings. The molecule has 0 unspecified atom stereocenters. The molecule has 2 aromatic rings. The molecule has 0 aromatic heterocycles. The fraction of sp³-hybridized carbons (Fsp3) is 0.0714. The van der Waals surface area contributed by atoms with Crippen LogP contribution in [0.25, 0.3) is 11.1 Å². The zero-order chi connectivity index (χ0) is 12.3. The minimum atomic E-state index is 0.501. The molecule has 3 heteroatoms. The van der Waals surface area contributed by atoms with Gasteiger partial charge in [-0.25, -0.2) is 0 Å². The van der Waals surface area contributed by atoms with E-state index in [-0.39, 0.29) is 0 Å². The highest BCUT2D eigenvalue weighted by molar-refractivity contribution is 5.71. The predicted molar refractivity (Wildman–Crippen MR) is 67.6 cm³/mol. The third kappa shape index (κ3) is 2.21. The van der Waals surface area contributed by atoms with E-state index in [9.17, 15) is 0 Å². The molecule has 0 radical (unpaired) electrons. The summed E-state index contributed by atoms with van der Waals surface area (Å²) in [5.41, 5.74) is 8.81. The van der Waals surface area contributed by atoms with Crippen molar-refractivity contribution in [3.05, 3.63) is 48.0 Å². The van der Waals surface area contributed by atoms with Gasteiger partial charge in [0.25, 0.3) is 0 Å². The predicted octanol–water partition coefficient (Wildman–Crippen LogP) is 2.82. The molecule has 0 bridgehead atoms. The van der Waals surface area contributed by atoms with Gasteiger partial charge in [0.15, 0.2) is 0 Å². The van der Waals surface area contributed by atoms with E-state index in [2.05, 4.69) is 0 Å². The van der Waals surface area contributed by atoms with E-state index in [1.165, 1.54) is 0 Å². The van der Waals surface area contributed by atoms with E-state index in [4.69, 9.17) is 15.7 Å². The van der Waals surface area contributed by atoms with Crippen molar-refractivity contribution in [1.29, 1.82) is 5.26 Å². The van der Waals surface area contributed by atoms with E-state index in [1.807, 2.05) is 36.4 Å². The Labute approximate surface area is 100 Å². The number of ether oxygens (including phenoxy) is 1. The van der Waals surface area contributed by atoms with Gasteiger partial charge in [-0.05, 0) is 35.4 Å². The summed E-state index contributed by atoms with van der Waals surface area (Å²) in [5.74, 6) is 0.815. The molecule has 2 N–H and O–H groups in total. The van der Waals surface area contributed by atoms with Crippen molar-refractivity contribution < 1.29 is 4.74 Å². The number of hydrogen-bond donors (Lipinski definition) is 1. The fourth-order valence-electron chi connectivity index (χ4n) is 1.63. The summed E-state index contributed by atoms with van der Waals surface area (Å²) in [6, 6.07) is 15.2. The first kappa shape index (κ1) is 11.0. The molecule has 0 amide bonds. The summed E-state index contributed by atoms with van der Waals surface area (Å²) in [6.45, 7) is 0. The molecule has 0 spiro atoms. The number of nitrogen functional groups attached to an aromatic ring is 1. The summed E-state index contributed by atoms with van der Waals surface area (Å²) in [6.07, 6.45) is 0. The van der Waals surface area contributed by atoms with Crippen LogP contribution in [0.4, 0.5) is 5.69 Å². The van der Waals surface area contributed by atoms with E-state index >= 15 is 0 Å². The molecule has 84 valence electrons. The van der Waals surface area contributed by atoms with Crippen LogP contribution in [0.1, 0.15) is 5.56 Å². The number of nitrogens with zero attached hydrogens (tertiary/aromatic N) is 1. The third-order valence-electron chi connectivity index (χ3n) is 2.60. The fourth-order valence-corrected chi connectivity index (χ4v) is 1.63. The molecule has 0 aliphatic heterocycles. The Morgan fingerprint density at radius 3 is 2.24 bits per heavy atom. The van der Waals surface area contributed by atoms with Crippen molar-refractivity contribution in [1.82, 2.24) is 0 Å². The molecule has 0 aliphatic carbocycles. The lowest BCUT2D eigenvalue weighted by Crippen LogP contribution is -1.91. The number of benzene rings is 2. The van der Waals surface area contributed by atoms with Gasteiger partial charge in [-0.15, -0.1) is 0 Å². The number of rotatable bonds is 2. The molecule has 0 saturated heterocycles. The second kappa shape index (κ2) is 4.58. The van der Waals surface area contributed by atoms with Crippen molar-refractivity contribution in [2.24, 2.45) is 0 Å². The minimum absolute atomic E-state index is 0.501. The van der Waals surface area contributed by atoms with Gasteiger partial charge in [0.2, 0.25) is 0 Å². The topological polar surface area (TPSA) is 59.0 Å². The molecule has 2 aromatic carbocycles. The molecular weight excluding hydrogens is 212 g/mol. The molecule has 0 saturated carbocycles. The lowest BCUT2D eigenvalue weighted by Gasteiger charge is -2.05. The Bertz CT molecular complexity index is 568. The second-order valence-corrected chi connectivity index (χ2v) is 3.64. The Morgan fingerprint density at radius 1 is 1.06 bits per heavy atom. The van der Waals surface area contributed by atoms with Crippen LogP contribution in [0.15, 0.2) is 42.5 Å². The van der Waals surface area contributed by atoms with Gasteiger partial charge >= 0.3 is 0 Å². The highest BCUT2D eigenvalue weighted by Gasteiger charge is 2.02. The first-order valence-corrected chi connectivity index (χ1v) is 5.18. The number of nitrogens with two attached hydrogens (primary N) is 1. The zero-order valence-electron chi connectivity index (χ0n) is 9.47. The maximum atomic E-state index is 8.80. The van der Waals surface area contributed by atoms with Gasteiger partial charge in [0, 0.05) is 0 Å². The van der Waals surface area contributed by atoms with E-state index < -0.39 is 0 Å². The van der Waals surface area contributed by atoms with Crippen LogP contribution in [0, 0.1) is 11.3 Å². The van der Waals surface area contributed by atoms with Gasteiger partial charge in [-0.1, -0.05) is 18.2 Å². The normalized spacial score (nSPS) is 9.65. The van der Waals surface area contributed by atoms with Gasteiger partial charge < -0.3 is 10.5 Å². The van der Waals surface area contributed by atoms with Gasteiger partial charge in [-0.3, -0.25) is 0 Å². The van der Waals surface area contributed by atoms with Crippen LogP contribution in [0.2, 0.25) is 0 Å². The average Bonchev–Trinajstić information content (AvgIpc) is 2.39. The summed E-state index contributed by atoms with van der Waals surface area (Å²) < 4.78 is 5.10. The maximum absolute atomic E-state index is 8.80. The first-order valence-electron chi connectivity index (χ1n) is 5.18. The van der Waals surface area contributed by atoms with Crippen molar-refractivity contribution in [2.75, 3.05) is 12.8 Å². The highest BCUT2D eigenvalue weighted by Crippen LogP contribution is 2.25. The smallest absolute Gasteiger partial charge is 0.118 e. The summed E-state index contributed by atoms with van der Waals surface area (Å²) in [7, 11) is 1.63. The van der Waals surface area contributed by atoms with Gasteiger partial charge in [0.05, 0.1) is 18.4 Å². The Morgan fingerprint density at radius 2 is 1.71 bits per heavy atom. The summed E-state index contributed by atoms with van der Waals surface area (Å²) >= 11 is 0. The molecule has 2 rings (SSSR count). The van der Waals surface area contributed by atoms with Crippen LogP contribution in [-0.4, -0.2) is 7.11 Å². The zero-order valence-corrected chi connectivity index (χ0v) is 9.47. The summed E-state index contributed by atoms with van der Waals surface area (Å²) in [4.78, 5) is 0. The van der Waals surface area contributed by atoms with Crippen molar-refractivity contribution in [3.63, 3.8) is 0 Å². The second-order valence-electron chi connectivity index (χ2n) is 3.64. The van der Waals surface area contributed by atoms with Gasteiger partial charge in [-0.2, -0.15) is 5.26 Å². The van der Waals surface area contributed by atoms with Crippen molar-refractivity contribution >= 4 is 5.69 Å². The Balaban J connectivity index is 2.40. The lowest BCUT2D eigenvalue weighted by atomic mass is 10.0. The molecule has 17 heavy (non-hydrogen) atoms. The van der Waals surface area contributed by atoms with Crippen LogP contribution in [-0.2, 0) is 0 Å². The number of methoxy groups -OCH3 is 1. The number of hydrogen-bond acceptors (Lipinski definition) is 3. The van der Waals surface area contributed by atoms with Crippen molar-refractivity contribution in [3.8, 4) is 22.9 Å². The number of anilines is 1. The standard InChI is InChI=1S/C14H12N2O/c1-17-13-6-4-10(5-7-13)11-2-3-12(9-15)14(16)8-11/h2-8H,16H2,1H3. The average molecular weight is 224 g/mol. The minimum Gasteiger partial charge on any atom is -0.497 e. The van der Waals surface area contributed by atoms with Crippen LogP contribution in [0.5, 0.6) is 5.75 Å². The van der Waals surface area contributed by atoms with Crippen molar-refractivity contribution in [2.45, 2.75) is 0 Å². The molecule has 0 heterocycles. The quantitative estimate of drug-likeness (QED) is 0.798. The highest BCUT2D eigenvalue weighted by atomic mass is 16.5. The lowest BCUT2D eigenvalue weighted by molar-refractivity contribution is 0.415. The molecular formula is C14H12N2O. The van der Waals surface area contributed by atoms with Gasteiger partial charge in [0.1, 0.15) is 11.8 Å². The number of nitriles is 1. The SMILES string of the molecule is COc1ccc(-c2ccc(C#N)c(N)c2)cc1. The largest absolute Gasteiger partial charge is 0.497 e. The molecule has 0 atom stereocenters. The molecule has 3 nitrogen and oxygen atoms in total. The first-order chi connectivity index (χ1) is 8.24. The Hall–Kier alpha value is -2.47. The monoisotopic (exact) mass is 224 g/mol. The van der Waals surface area contributed by atoms with Crippen LogP contribution in [0.3, 0.4) is 0 Å². The van der Waals surface area contributed by atoms with Crippen LogP contribution < -0.4 is 10.5 Å². The van der Waals surface area contributed by atoms with E-state index in [0.717, 1.165) is 16.9 Å². The molecule has 0 fully saturated rings.